The molecule has 1 aromatic rings. The van der Waals surface area contributed by atoms with E-state index in [4.69, 9.17) is 9.47 Å². The summed E-state index contributed by atoms with van der Waals surface area (Å²) in [5.74, 6) is -0.687. The second-order valence-electron chi connectivity index (χ2n) is 6.15. The summed E-state index contributed by atoms with van der Waals surface area (Å²) in [7, 11) is 1.74. The van der Waals surface area contributed by atoms with Crippen molar-refractivity contribution in [2.75, 3.05) is 26.8 Å². The molecule has 0 saturated carbocycles. The third-order valence-electron chi connectivity index (χ3n) is 4.85. The summed E-state index contributed by atoms with van der Waals surface area (Å²) in [6, 6.07) is 6.15. The maximum atomic E-state index is 13.8. The largest absolute Gasteiger partial charge is 0.381 e. The van der Waals surface area contributed by atoms with Gasteiger partial charge in [-0.05, 0) is 31.4 Å². The third-order valence-corrected chi connectivity index (χ3v) is 4.85. The summed E-state index contributed by atoms with van der Waals surface area (Å²) >= 11 is 0. The summed E-state index contributed by atoms with van der Waals surface area (Å²) in [5.41, 5.74) is -0.0249. The standard InChI is InChI=1S/C17H22FNO3/c1-21-13-6-11-22-17(12-13)7-9-19(10-8-17)16(20)14-4-2-3-5-15(14)18/h2-5,13H,6-12H2,1H3. The van der Waals surface area contributed by atoms with Crippen molar-refractivity contribution >= 4 is 5.91 Å². The van der Waals surface area contributed by atoms with Gasteiger partial charge >= 0.3 is 0 Å². The molecule has 2 fully saturated rings. The van der Waals surface area contributed by atoms with E-state index in [1.165, 1.54) is 6.07 Å². The van der Waals surface area contributed by atoms with E-state index in [-0.39, 0.29) is 23.2 Å². The predicted octanol–water partition coefficient (Wildman–Crippen LogP) is 2.63. The number of nitrogens with zero attached hydrogens (tertiary/aromatic N) is 1. The van der Waals surface area contributed by atoms with Gasteiger partial charge in [0, 0.05) is 33.2 Å². The number of carbonyl (C=O) groups is 1. The Hall–Kier alpha value is -1.46. The minimum Gasteiger partial charge on any atom is -0.381 e. The number of piperidine rings is 1. The van der Waals surface area contributed by atoms with E-state index >= 15 is 0 Å². The topological polar surface area (TPSA) is 38.8 Å². The molecule has 2 saturated heterocycles. The molecule has 1 aromatic carbocycles. The van der Waals surface area contributed by atoms with Crippen molar-refractivity contribution in [2.45, 2.75) is 37.4 Å². The van der Waals surface area contributed by atoms with E-state index < -0.39 is 5.82 Å². The maximum Gasteiger partial charge on any atom is 0.256 e. The zero-order chi connectivity index (χ0) is 15.6. The predicted molar refractivity (Wildman–Crippen MR) is 80.3 cm³/mol. The van der Waals surface area contributed by atoms with Crippen molar-refractivity contribution in [3.63, 3.8) is 0 Å². The molecule has 0 bridgehead atoms. The summed E-state index contributed by atoms with van der Waals surface area (Å²) in [5, 5.41) is 0. The van der Waals surface area contributed by atoms with Crippen molar-refractivity contribution in [1.29, 1.82) is 0 Å². The lowest BCUT2D eigenvalue weighted by Crippen LogP contribution is -2.52. The first-order chi connectivity index (χ1) is 10.6. The molecule has 120 valence electrons. The monoisotopic (exact) mass is 307 g/mol. The lowest BCUT2D eigenvalue weighted by molar-refractivity contribution is -0.146. The molecular weight excluding hydrogens is 285 g/mol. The second-order valence-corrected chi connectivity index (χ2v) is 6.15. The zero-order valence-electron chi connectivity index (χ0n) is 12.9. The van der Waals surface area contributed by atoms with Crippen LogP contribution < -0.4 is 0 Å². The van der Waals surface area contributed by atoms with Crippen LogP contribution in [0.4, 0.5) is 4.39 Å². The van der Waals surface area contributed by atoms with Crippen LogP contribution in [0.15, 0.2) is 24.3 Å². The van der Waals surface area contributed by atoms with E-state index in [1.54, 1.807) is 30.2 Å². The van der Waals surface area contributed by atoms with E-state index in [1.807, 2.05) is 0 Å². The summed E-state index contributed by atoms with van der Waals surface area (Å²) in [4.78, 5) is 14.2. The van der Waals surface area contributed by atoms with E-state index in [2.05, 4.69) is 0 Å². The Morgan fingerprint density at radius 2 is 2.09 bits per heavy atom. The number of ether oxygens (including phenoxy) is 2. The normalized spacial score (nSPS) is 24.5. The molecule has 2 heterocycles. The highest BCUT2D eigenvalue weighted by Gasteiger charge is 2.41. The Morgan fingerprint density at radius 1 is 1.36 bits per heavy atom. The highest BCUT2D eigenvalue weighted by Crippen LogP contribution is 2.36. The molecule has 22 heavy (non-hydrogen) atoms. The minimum atomic E-state index is -0.457. The lowest BCUT2D eigenvalue weighted by Gasteiger charge is -2.45. The molecular formula is C17H22FNO3. The van der Waals surface area contributed by atoms with Gasteiger partial charge in [-0.15, -0.1) is 0 Å². The molecule has 2 aliphatic heterocycles. The minimum absolute atomic E-state index is 0.151. The molecule has 4 nitrogen and oxygen atoms in total. The number of rotatable bonds is 2. The number of methoxy groups -OCH3 is 1. The van der Waals surface area contributed by atoms with Crippen molar-refractivity contribution in [1.82, 2.24) is 4.90 Å². The van der Waals surface area contributed by atoms with Crippen molar-refractivity contribution < 1.29 is 18.7 Å². The van der Waals surface area contributed by atoms with E-state index in [9.17, 15) is 9.18 Å². The van der Waals surface area contributed by atoms with Gasteiger partial charge in [-0.3, -0.25) is 4.79 Å². The fourth-order valence-corrected chi connectivity index (χ4v) is 3.45. The van der Waals surface area contributed by atoms with Gasteiger partial charge in [-0.1, -0.05) is 12.1 Å². The molecule has 2 aliphatic rings. The molecule has 0 radical (unpaired) electrons. The number of hydrogen-bond acceptors (Lipinski definition) is 3. The van der Waals surface area contributed by atoms with Crippen LogP contribution in [-0.2, 0) is 9.47 Å². The van der Waals surface area contributed by atoms with Gasteiger partial charge in [0.1, 0.15) is 5.82 Å². The highest BCUT2D eigenvalue weighted by atomic mass is 19.1. The average molecular weight is 307 g/mol. The van der Waals surface area contributed by atoms with Gasteiger partial charge in [0.15, 0.2) is 0 Å². The molecule has 1 unspecified atom stereocenters. The smallest absolute Gasteiger partial charge is 0.256 e. The number of likely N-dealkylation sites (tertiary alicyclic amines) is 1. The van der Waals surface area contributed by atoms with Crippen LogP contribution in [-0.4, -0.2) is 49.3 Å². The SMILES string of the molecule is COC1CCOC2(CCN(C(=O)c3ccccc3F)CC2)C1. The second kappa shape index (κ2) is 6.34. The molecule has 3 rings (SSSR count). The molecule has 1 spiro atoms. The molecule has 0 aliphatic carbocycles. The Bertz CT molecular complexity index is 540. The first-order valence-electron chi connectivity index (χ1n) is 7.84. The van der Waals surface area contributed by atoms with E-state index in [0.29, 0.717) is 19.7 Å². The van der Waals surface area contributed by atoms with Crippen LogP contribution in [0.1, 0.15) is 36.0 Å². The van der Waals surface area contributed by atoms with Crippen LogP contribution in [0.25, 0.3) is 0 Å². The molecule has 0 aromatic heterocycles. The molecule has 0 N–H and O–H groups in total. The average Bonchev–Trinajstić information content (AvgIpc) is 2.55. The molecule has 5 heteroatoms. The summed E-state index contributed by atoms with van der Waals surface area (Å²) in [6.45, 7) is 1.91. The Balaban J connectivity index is 1.64. The van der Waals surface area contributed by atoms with Crippen LogP contribution in [0.5, 0.6) is 0 Å². The van der Waals surface area contributed by atoms with Gasteiger partial charge in [-0.25, -0.2) is 4.39 Å². The van der Waals surface area contributed by atoms with Gasteiger partial charge in [0.25, 0.3) is 5.91 Å². The van der Waals surface area contributed by atoms with Gasteiger partial charge < -0.3 is 14.4 Å². The van der Waals surface area contributed by atoms with Crippen molar-refractivity contribution in [3.8, 4) is 0 Å². The van der Waals surface area contributed by atoms with Crippen molar-refractivity contribution in [2.24, 2.45) is 0 Å². The lowest BCUT2D eigenvalue weighted by atomic mass is 9.83. The van der Waals surface area contributed by atoms with Crippen LogP contribution in [0, 0.1) is 5.82 Å². The van der Waals surface area contributed by atoms with Crippen LogP contribution in [0.3, 0.4) is 0 Å². The van der Waals surface area contributed by atoms with Gasteiger partial charge in [0.05, 0.1) is 17.3 Å². The zero-order valence-corrected chi connectivity index (χ0v) is 12.9. The highest BCUT2D eigenvalue weighted by molar-refractivity contribution is 5.94. The first kappa shape index (κ1) is 15.4. The van der Waals surface area contributed by atoms with Crippen LogP contribution in [0.2, 0.25) is 0 Å². The van der Waals surface area contributed by atoms with E-state index in [0.717, 1.165) is 25.7 Å². The third kappa shape index (κ3) is 3.01. The first-order valence-corrected chi connectivity index (χ1v) is 7.84. The quantitative estimate of drug-likeness (QED) is 0.843. The number of benzene rings is 1. The Morgan fingerprint density at radius 3 is 2.77 bits per heavy atom. The maximum absolute atomic E-state index is 13.8. The van der Waals surface area contributed by atoms with Crippen molar-refractivity contribution in [3.05, 3.63) is 35.6 Å². The Labute approximate surface area is 130 Å². The summed E-state index contributed by atoms with van der Waals surface area (Å²) in [6.07, 6.45) is 3.61. The number of carbonyl (C=O) groups excluding carboxylic acids is 1. The fraction of sp³-hybridized carbons (Fsp3) is 0.588. The van der Waals surface area contributed by atoms with Gasteiger partial charge in [-0.2, -0.15) is 0 Å². The fourth-order valence-electron chi connectivity index (χ4n) is 3.45. The van der Waals surface area contributed by atoms with Crippen LogP contribution >= 0.6 is 0 Å². The molecule has 1 amide bonds. The summed E-state index contributed by atoms with van der Waals surface area (Å²) < 4.78 is 25.2. The number of hydrogen-bond donors (Lipinski definition) is 0. The van der Waals surface area contributed by atoms with Gasteiger partial charge in [0.2, 0.25) is 0 Å². The number of halogens is 1. The number of amides is 1. The Kier molecular flexibility index (Phi) is 4.45. The molecule has 1 atom stereocenters.